The average Bonchev–Trinajstić information content (AvgIpc) is 3.11. The molecule has 0 aliphatic carbocycles. The Hall–Kier alpha value is -2.51. The summed E-state index contributed by atoms with van der Waals surface area (Å²) in [4.78, 5) is 23.2. The summed E-state index contributed by atoms with van der Waals surface area (Å²) in [6.45, 7) is 3.23. The van der Waals surface area contributed by atoms with E-state index in [4.69, 9.17) is 9.72 Å². The molecule has 0 atom stereocenters. The van der Waals surface area contributed by atoms with Gasteiger partial charge in [0, 0.05) is 37.6 Å². The second-order valence-electron chi connectivity index (χ2n) is 6.19. The Labute approximate surface area is 155 Å². The summed E-state index contributed by atoms with van der Waals surface area (Å²) in [6.07, 6.45) is 4.65. The predicted octanol–water partition coefficient (Wildman–Crippen LogP) is 3.10. The van der Waals surface area contributed by atoms with E-state index < -0.39 is 0 Å². The molecular weight excluding hydrogens is 348 g/mol. The first-order valence-corrected chi connectivity index (χ1v) is 9.52. The van der Waals surface area contributed by atoms with Gasteiger partial charge in [0.2, 0.25) is 5.91 Å². The lowest BCUT2D eigenvalue weighted by atomic mass is 10.1. The fraction of sp³-hybridized carbons (Fsp3) is 0.316. The standard InChI is InChI=1S/C19H20N4O2S/c24-18(6-3-14-2-1-7-20-13-14)21-15-4-5-16-17(12-15)26-19(22-16)23-8-10-25-11-9-23/h1-2,4-5,7,12-13H,3,6,8-11H2,(H,21,24). The van der Waals surface area contributed by atoms with Crippen LogP contribution in [0.15, 0.2) is 42.7 Å². The lowest BCUT2D eigenvalue weighted by molar-refractivity contribution is -0.116. The van der Waals surface area contributed by atoms with E-state index in [0.717, 1.165) is 52.9 Å². The first kappa shape index (κ1) is 16.9. The van der Waals surface area contributed by atoms with Crippen LogP contribution in [0, 0.1) is 0 Å². The summed E-state index contributed by atoms with van der Waals surface area (Å²) < 4.78 is 6.48. The van der Waals surface area contributed by atoms with E-state index in [1.165, 1.54) is 0 Å². The van der Waals surface area contributed by atoms with Crippen LogP contribution in [0.2, 0.25) is 0 Å². The minimum absolute atomic E-state index is 0.00567. The Balaban J connectivity index is 1.41. The van der Waals surface area contributed by atoms with Gasteiger partial charge in [-0.1, -0.05) is 17.4 Å². The van der Waals surface area contributed by atoms with E-state index in [-0.39, 0.29) is 5.91 Å². The highest BCUT2D eigenvalue weighted by molar-refractivity contribution is 7.22. The van der Waals surface area contributed by atoms with Gasteiger partial charge in [0.15, 0.2) is 5.13 Å². The maximum Gasteiger partial charge on any atom is 0.224 e. The molecular formula is C19H20N4O2S. The Kier molecular flexibility index (Phi) is 5.08. The number of fused-ring (bicyclic) bond motifs is 1. The van der Waals surface area contributed by atoms with Crippen molar-refractivity contribution in [2.45, 2.75) is 12.8 Å². The molecule has 6 nitrogen and oxygen atoms in total. The summed E-state index contributed by atoms with van der Waals surface area (Å²) in [7, 11) is 0. The third kappa shape index (κ3) is 4.00. The van der Waals surface area contributed by atoms with Gasteiger partial charge in [-0.3, -0.25) is 9.78 Å². The Morgan fingerprint density at radius 3 is 2.96 bits per heavy atom. The molecule has 134 valence electrons. The van der Waals surface area contributed by atoms with Crippen LogP contribution in [0.3, 0.4) is 0 Å². The molecule has 1 amide bonds. The number of hydrogen-bond acceptors (Lipinski definition) is 6. The highest BCUT2D eigenvalue weighted by Crippen LogP contribution is 2.31. The molecule has 1 aliphatic heterocycles. The van der Waals surface area contributed by atoms with Crippen molar-refractivity contribution in [3.8, 4) is 0 Å². The molecule has 0 unspecified atom stereocenters. The molecule has 1 aliphatic rings. The number of ether oxygens (including phenoxy) is 1. The van der Waals surface area contributed by atoms with E-state index >= 15 is 0 Å². The van der Waals surface area contributed by atoms with Gasteiger partial charge in [0.25, 0.3) is 0 Å². The third-order valence-electron chi connectivity index (χ3n) is 4.31. The van der Waals surface area contributed by atoms with Gasteiger partial charge in [0.05, 0.1) is 23.4 Å². The van der Waals surface area contributed by atoms with Gasteiger partial charge in [-0.05, 0) is 36.2 Å². The minimum atomic E-state index is 0.00567. The monoisotopic (exact) mass is 368 g/mol. The van der Waals surface area contributed by atoms with Crippen molar-refractivity contribution in [2.24, 2.45) is 0 Å². The van der Waals surface area contributed by atoms with Crippen molar-refractivity contribution in [3.63, 3.8) is 0 Å². The molecule has 0 bridgehead atoms. The number of aromatic nitrogens is 2. The van der Waals surface area contributed by atoms with E-state index in [2.05, 4.69) is 15.2 Å². The summed E-state index contributed by atoms with van der Waals surface area (Å²) >= 11 is 1.65. The molecule has 0 saturated carbocycles. The zero-order valence-corrected chi connectivity index (χ0v) is 15.2. The highest BCUT2D eigenvalue weighted by Gasteiger charge is 2.15. The van der Waals surface area contributed by atoms with Crippen LogP contribution in [0.5, 0.6) is 0 Å². The second kappa shape index (κ2) is 7.80. The van der Waals surface area contributed by atoms with Crippen LogP contribution in [0.25, 0.3) is 10.2 Å². The molecule has 26 heavy (non-hydrogen) atoms. The van der Waals surface area contributed by atoms with E-state index in [1.54, 1.807) is 23.7 Å². The third-order valence-corrected chi connectivity index (χ3v) is 5.39. The summed E-state index contributed by atoms with van der Waals surface area (Å²) in [5.41, 5.74) is 2.84. The van der Waals surface area contributed by atoms with Crippen molar-refractivity contribution >= 4 is 38.3 Å². The fourth-order valence-electron chi connectivity index (χ4n) is 2.91. The molecule has 7 heteroatoms. The van der Waals surface area contributed by atoms with Crippen molar-refractivity contribution in [2.75, 3.05) is 36.5 Å². The molecule has 1 aromatic carbocycles. The topological polar surface area (TPSA) is 67.4 Å². The molecule has 3 aromatic rings. The highest BCUT2D eigenvalue weighted by atomic mass is 32.1. The number of carbonyl (C=O) groups is 1. The van der Waals surface area contributed by atoms with Gasteiger partial charge in [-0.25, -0.2) is 4.98 Å². The molecule has 3 heterocycles. The van der Waals surface area contributed by atoms with E-state index in [0.29, 0.717) is 12.8 Å². The molecule has 1 N–H and O–H groups in total. The van der Waals surface area contributed by atoms with Gasteiger partial charge in [-0.15, -0.1) is 0 Å². The van der Waals surface area contributed by atoms with Crippen LogP contribution < -0.4 is 10.2 Å². The number of aryl methyl sites for hydroxylation is 1. The summed E-state index contributed by atoms with van der Waals surface area (Å²) in [5.74, 6) is 0.00567. The van der Waals surface area contributed by atoms with Crippen molar-refractivity contribution < 1.29 is 9.53 Å². The number of hydrogen-bond donors (Lipinski definition) is 1. The number of amides is 1. The lowest BCUT2D eigenvalue weighted by Crippen LogP contribution is -2.36. The van der Waals surface area contributed by atoms with Crippen LogP contribution in [-0.2, 0) is 16.0 Å². The Bertz CT molecular complexity index is 891. The molecule has 1 saturated heterocycles. The molecule has 2 aromatic heterocycles. The quantitative estimate of drug-likeness (QED) is 0.750. The largest absolute Gasteiger partial charge is 0.378 e. The van der Waals surface area contributed by atoms with Crippen LogP contribution in [-0.4, -0.2) is 42.2 Å². The minimum Gasteiger partial charge on any atom is -0.378 e. The summed E-state index contributed by atoms with van der Waals surface area (Å²) in [6, 6.07) is 9.74. The number of carbonyl (C=O) groups excluding carboxylic acids is 1. The molecule has 4 rings (SSSR count). The maximum atomic E-state index is 12.2. The zero-order chi connectivity index (χ0) is 17.8. The van der Waals surface area contributed by atoms with Gasteiger partial charge < -0.3 is 15.0 Å². The second-order valence-corrected chi connectivity index (χ2v) is 7.20. The number of nitrogens with zero attached hydrogens (tertiary/aromatic N) is 3. The number of morpholine rings is 1. The van der Waals surface area contributed by atoms with Gasteiger partial charge in [-0.2, -0.15) is 0 Å². The fourth-order valence-corrected chi connectivity index (χ4v) is 3.96. The van der Waals surface area contributed by atoms with Crippen LogP contribution in [0.4, 0.5) is 10.8 Å². The van der Waals surface area contributed by atoms with Crippen LogP contribution >= 0.6 is 11.3 Å². The van der Waals surface area contributed by atoms with Crippen molar-refractivity contribution in [1.82, 2.24) is 9.97 Å². The predicted molar refractivity (Wildman–Crippen MR) is 104 cm³/mol. The smallest absolute Gasteiger partial charge is 0.224 e. The van der Waals surface area contributed by atoms with Gasteiger partial charge in [0.1, 0.15) is 0 Å². The van der Waals surface area contributed by atoms with E-state index in [1.807, 2.05) is 30.3 Å². The Morgan fingerprint density at radius 1 is 1.27 bits per heavy atom. The lowest BCUT2D eigenvalue weighted by Gasteiger charge is -2.25. The van der Waals surface area contributed by atoms with Crippen LogP contribution in [0.1, 0.15) is 12.0 Å². The number of thiazole rings is 1. The Morgan fingerprint density at radius 2 is 2.15 bits per heavy atom. The maximum absolute atomic E-state index is 12.2. The first-order valence-electron chi connectivity index (χ1n) is 8.70. The molecule has 0 radical (unpaired) electrons. The number of anilines is 2. The number of benzene rings is 1. The van der Waals surface area contributed by atoms with E-state index in [9.17, 15) is 4.79 Å². The summed E-state index contributed by atoms with van der Waals surface area (Å²) in [5, 5.41) is 4.00. The number of rotatable bonds is 5. The van der Waals surface area contributed by atoms with Crippen molar-refractivity contribution in [1.29, 1.82) is 0 Å². The number of pyridine rings is 1. The molecule has 0 spiro atoms. The van der Waals surface area contributed by atoms with Gasteiger partial charge >= 0.3 is 0 Å². The zero-order valence-electron chi connectivity index (χ0n) is 14.4. The van der Waals surface area contributed by atoms with Crippen molar-refractivity contribution in [3.05, 3.63) is 48.3 Å². The molecule has 1 fully saturated rings. The SMILES string of the molecule is O=C(CCc1cccnc1)Nc1ccc2nc(N3CCOCC3)sc2c1. The normalized spacial score (nSPS) is 14.5. The average molecular weight is 368 g/mol. The first-order chi connectivity index (χ1) is 12.8. The number of nitrogens with one attached hydrogen (secondary N) is 1.